The summed E-state index contributed by atoms with van der Waals surface area (Å²) < 4.78 is 0. The summed E-state index contributed by atoms with van der Waals surface area (Å²) >= 11 is 0. The van der Waals surface area contributed by atoms with Gasteiger partial charge in [0.2, 0.25) is 5.91 Å². The second-order valence-electron chi connectivity index (χ2n) is 6.71. The van der Waals surface area contributed by atoms with Gasteiger partial charge >= 0.3 is 0 Å². The highest BCUT2D eigenvalue weighted by Gasteiger charge is 2.62. The van der Waals surface area contributed by atoms with Crippen LogP contribution >= 0.6 is 0 Å². The van der Waals surface area contributed by atoms with Gasteiger partial charge in [0.1, 0.15) is 0 Å². The van der Waals surface area contributed by atoms with Crippen molar-refractivity contribution in [3.05, 3.63) is 35.4 Å². The molecule has 0 bridgehead atoms. The number of benzene rings is 1. The van der Waals surface area contributed by atoms with Gasteiger partial charge in [-0.25, -0.2) is 0 Å². The van der Waals surface area contributed by atoms with E-state index >= 15 is 0 Å². The molecule has 1 N–H and O–H groups in total. The Morgan fingerprint density at radius 1 is 1.40 bits per heavy atom. The Morgan fingerprint density at radius 2 is 2.25 bits per heavy atom. The lowest BCUT2D eigenvalue weighted by Gasteiger charge is -2.32. The number of nitrogens with one attached hydrogen (secondary N) is 1. The molecule has 1 heterocycles. The quantitative estimate of drug-likeness (QED) is 0.842. The van der Waals surface area contributed by atoms with E-state index in [-0.39, 0.29) is 11.3 Å². The molecule has 2 aliphatic carbocycles. The van der Waals surface area contributed by atoms with Crippen molar-refractivity contribution in [1.82, 2.24) is 10.2 Å². The van der Waals surface area contributed by atoms with Crippen molar-refractivity contribution < 1.29 is 4.79 Å². The molecule has 3 unspecified atom stereocenters. The molecule has 2 fully saturated rings. The fraction of sp³-hybridized carbons (Fsp3) is 0.588. The standard InChI is InChI=1S/C17H22N2O/c1-12-11-19(9-8-18-12)16(20)15-10-17(15)7-6-13-4-2-3-5-14(13)17/h2-5,12,15,18H,6-11H2,1H3. The van der Waals surface area contributed by atoms with Crippen LogP contribution in [-0.2, 0) is 16.6 Å². The Bertz CT molecular complexity index is 556. The smallest absolute Gasteiger partial charge is 0.226 e. The maximum Gasteiger partial charge on any atom is 0.226 e. The summed E-state index contributed by atoms with van der Waals surface area (Å²) in [5.41, 5.74) is 3.12. The Balaban J connectivity index is 1.54. The molecule has 3 nitrogen and oxygen atoms in total. The molecule has 3 aliphatic rings. The molecule has 1 saturated heterocycles. The average Bonchev–Trinajstić information content (AvgIpc) is 3.08. The van der Waals surface area contributed by atoms with E-state index in [1.165, 1.54) is 17.5 Å². The number of aryl methyl sites for hydroxylation is 1. The number of rotatable bonds is 1. The zero-order valence-electron chi connectivity index (χ0n) is 12.1. The van der Waals surface area contributed by atoms with Gasteiger partial charge in [0.25, 0.3) is 0 Å². The van der Waals surface area contributed by atoms with Crippen LogP contribution in [0.1, 0.15) is 30.9 Å². The molecular weight excluding hydrogens is 248 g/mol. The maximum atomic E-state index is 12.8. The summed E-state index contributed by atoms with van der Waals surface area (Å²) in [5, 5.41) is 3.41. The number of piperazine rings is 1. The monoisotopic (exact) mass is 270 g/mol. The summed E-state index contributed by atoms with van der Waals surface area (Å²) in [5.74, 6) is 0.645. The van der Waals surface area contributed by atoms with Crippen LogP contribution in [-0.4, -0.2) is 36.5 Å². The highest BCUT2D eigenvalue weighted by molar-refractivity contribution is 5.85. The Morgan fingerprint density at radius 3 is 3.10 bits per heavy atom. The number of carbonyl (C=O) groups excluding carboxylic acids is 1. The third kappa shape index (κ3) is 1.72. The van der Waals surface area contributed by atoms with E-state index in [4.69, 9.17) is 0 Å². The highest BCUT2D eigenvalue weighted by Crippen LogP contribution is 2.61. The number of carbonyl (C=O) groups is 1. The number of nitrogens with zero attached hydrogens (tertiary/aromatic N) is 1. The third-order valence-corrected chi connectivity index (χ3v) is 5.45. The number of hydrogen-bond acceptors (Lipinski definition) is 2. The molecule has 1 saturated carbocycles. The van der Waals surface area contributed by atoms with Gasteiger partial charge in [-0.3, -0.25) is 4.79 Å². The topological polar surface area (TPSA) is 32.3 Å². The first-order valence-corrected chi connectivity index (χ1v) is 7.81. The van der Waals surface area contributed by atoms with Gasteiger partial charge in [0.15, 0.2) is 0 Å². The van der Waals surface area contributed by atoms with Crippen molar-refractivity contribution in [2.24, 2.45) is 5.92 Å². The van der Waals surface area contributed by atoms with Crippen LogP contribution in [0.3, 0.4) is 0 Å². The summed E-state index contributed by atoms with van der Waals surface area (Å²) in [4.78, 5) is 14.9. The van der Waals surface area contributed by atoms with E-state index in [2.05, 4.69) is 41.4 Å². The fourth-order valence-corrected chi connectivity index (χ4v) is 4.27. The number of amides is 1. The molecule has 1 aliphatic heterocycles. The van der Waals surface area contributed by atoms with Crippen LogP contribution in [0.5, 0.6) is 0 Å². The molecule has 1 aromatic carbocycles. The van der Waals surface area contributed by atoms with Crippen molar-refractivity contribution >= 4 is 5.91 Å². The second kappa shape index (κ2) is 4.32. The molecule has 20 heavy (non-hydrogen) atoms. The molecule has 106 valence electrons. The van der Waals surface area contributed by atoms with Crippen molar-refractivity contribution in [3.8, 4) is 0 Å². The normalized spacial score (nSPS) is 35.1. The molecule has 0 radical (unpaired) electrons. The van der Waals surface area contributed by atoms with Gasteiger partial charge < -0.3 is 10.2 Å². The molecule has 3 heteroatoms. The summed E-state index contributed by atoms with van der Waals surface area (Å²) in [7, 11) is 0. The summed E-state index contributed by atoms with van der Waals surface area (Å²) in [6.45, 7) is 4.83. The minimum Gasteiger partial charge on any atom is -0.340 e. The van der Waals surface area contributed by atoms with Gasteiger partial charge in [-0.05, 0) is 37.3 Å². The van der Waals surface area contributed by atoms with Gasteiger partial charge in [-0.1, -0.05) is 24.3 Å². The van der Waals surface area contributed by atoms with Crippen molar-refractivity contribution in [1.29, 1.82) is 0 Å². The lowest BCUT2D eigenvalue weighted by Crippen LogP contribution is -2.52. The predicted octanol–water partition coefficient (Wildman–Crippen LogP) is 1.71. The maximum absolute atomic E-state index is 12.8. The van der Waals surface area contributed by atoms with Gasteiger partial charge in [-0.2, -0.15) is 0 Å². The number of fused-ring (bicyclic) bond motifs is 2. The Labute approximate surface area is 120 Å². The molecule has 1 amide bonds. The van der Waals surface area contributed by atoms with Crippen LogP contribution in [0.2, 0.25) is 0 Å². The lowest BCUT2D eigenvalue weighted by molar-refractivity contribution is -0.134. The van der Waals surface area contributed by atoms with Crippen molar-refractivity contribution in [2.75, 3.05) is 19.6 Å². The van der Waals surface area contributed by atoms with Gasteiger partial charge in [0.05, 0.1) is 0 Å². The highest BCUT2D eigenvalue weighted by atomic mass is 16.2. The van der Waals surface area contributed by atoms with E-state index in [0.717, 1.165) is 32.5 Å². The molecule has 1 aromatic rings. The van der Waals surface area contributed by atoms with E-state index < -0.39 is 0 Å². The molecule has 4 rings (SSSR count). The van der Waals surface area contributed by atoms with Crippen LogP contribution in [0.4, 0.5) is 0 Å². The van der Waals surface area contributed by atoms with Crippen LogP contribution in [0.25, 0.3) is 0 Å². The SMILES string of the molecule is CC1CN(C(=O)C2CC23CCc2ccccc23)CCN1. The minimum atomic E-state index is 0.196. The largest absolute Gasteiger partial charge is 0.340 e. The summed E-state index contributed by atoms with van der Waals surface area (Å²) in [6, 6.07) is 9.15. The molecule has 1 spiro atoms. The second-order valence-corrected chi connectivity index (χ2v) is 6.71. The average molecular weight is 270 g/mol. The van der Waals surface area contributed by atoms with E-state index in [9.17, 15) is 4.79 Å². The van der Waals surface area contributed by atoms with E-state index in [1.807, 2.05) is 0 Å². The number of hydrogen-bond donors (Lipinski definition) is 1. The first-order valence-electron chi connectivity index (χ1n) is 7.81. The molecular formula is C17H22N2O. The fourth-order valence-electron chi connectivity index (χ4n) is 4.27. The van der Waals surface area contributed by atoms with Crippen molar-refractivity contribution in [2.45, 2.75) is 37.6 Å². The Kier molecular flexibility index (Phi) is 2.68. The Hall–Kier alpha value is -1.35. The predicted molar refractivity (Wildman–Crippen MR) is 78.6 cm³/mol. The van der Waals surface area contributed by atoms with E-state index in [1.54, 1.807) is 0 Å². The first-order chi connectivity index (χ1) is 9.71. The molecule has 0 aromatic heterocycles. The van der Waals surface area contributed by atoms with Crippen LogP contribution < -0.4 is 5.32 Å². The van der Waals surface area contributed by atoms with E-state index in [0.29, 0.717) is 11.9 Å². The zero-order chi connectivity index (χ0) is 13.7. The lowest BCUT2D eigenvalue weighted by atomic mass is 9.95. The van der Waals surface area contributed by atoms with Crippen LogP contribution in [0, 0.1) is 5.92 Å². The van der Waals surface area contributed by atoms with Gasteiger partial charge in [-0.15, -0.1) is 0 Å². The first kappa shape index (κ1) is 12.4. The summed E-state index contributed by atoms with van der Waals surface area (Å²) in [6.07, 6.45) is 3.39. The minimum absolute atomic E-state index is 0.196. The van der Waals surface area contributed by atoms with Gasteiger partial charge in [0, 0.05) is 37.0 Å². The van der Waals surface area contributed by atoms with Crippen LogP contribution in [0.15, 0.2) is 24.3 Å². The van der Waals surface area contributed by atoms with Crippen molar-refractivity contribution in [3.63, 3.8) is 0 Å². The molecule has 3 atom stereocenters. The zero-order valence-corrected chi connectivity index (χ0v) is 12.1. The third-order valence-electron chi connectivity index (χ3n) is 5.45.